The standard InChI is InChI=1S/C23H19F3N2O2/c24-23(25,26)19-9-16(13-27)8-17(10-19)18-11-20-6-7-21(12-18)28(20)22(29)30-14-15-4-2-1-3-5-15/h1-5,8-11,20-21H,6-7,12,14H2. The molecule has 0 spiro atoms. The number of ether oxygens (including phenoxy) is 1. The maximum atomic E-state index is 13.2. The molecule has 0 radical (unpaired) electrons. The van der Waals surface area contributed by atoms with E-state index in [9.17, 15) is 18.0 Å². The maximum Gasteiger partial charge on any atom is 0.416 e. The maximum absolute atomic E-state index is 13.2. The van der Waals surface area contributed by atoms with Crippen molar-refractivity contribution in [1.29, 1.82) is 5.26 Å². The summed E-state index contributed by atoms with van der Waals surface area (Å²) in [6, 6.07) is 14.2. The summed E-state index contributed by atoms with van der Waals surface area (Å²) in [5.74, 6) is 0. The van der Waals surface area contributed by atoms with Crippen LogP contribution in [0.2, 0.25) is 0 Å². The second kappa shape index (κ2) is 7.86. The molecule has 2 aromatic carbocycles. The topological polar surface area (TPSA) is 53.3 Å². The van der Waals surface area contributed by atoms with Crippen LogP contribution in [-0.4, -0.2) is 23.1 Å². The molecule has 30 heavy (non-hydrogen) atoms. The number of hydrogen-bond acceptors (Lipinski definition) is 3. The van der Waals surface area contributed by atoms with Crippen LogP contribution in [0.25, 0.3) is 5.57 Å². The minimum absolute atomic E-state index is 0.0298. The Morgan fingerprint density at radius 2 is 1.93 bits per heavy atom. The lowest BCUT2D eigenvalue weighted by Crippen LogP contribution is -2.43. The molecule has 2 aliphatic rings. The Balaban J connectivity index is 1.54. The zero-order chi connectivity index (χ0) is 21.3. The molecule has 2 heterocycles. The van der Waals surface area contributed by atoms with Gasteiger partial charge >= 0.3 is 12.3 Å². The molecule has 0 aromatic heterocycles. The van der Waals surface area contributed by atoms with Crippen LogP contribution in [0.3, 0.4) is 0 Å². The number of halogens is 3. The van der Waals surface area contributed by atoms with Crippen LogP contribution in [0.1, 0.15) is 41.5 Å². The van der Waals surface area contributed by atoms with E-state index in [1.54, 1.807) is 11.0 Å². The smallest absolute Gasteiger partial charge is 0.416 e. The van der Waals surface area contributed by atoms with Crippen molar-refractivity contribution in [2.24, 2.45) is 0 Å². The van der Waals surface area contributed by atoms with E-state index in [1.165, 1.54) is 6.07 Å². The largest absolute Gasteiger partial charge is 0.445 e. The van der Waals surface area contributed by atoms with Crippen molar-refractivity contribution in [3.8, 4) is 6.07 Å². The molecule has 1 fully saturated rings. The SMILES string of the molecule is N#Cc1cc(C2=CC3CCC(C2)N3C(=O)OCc2ccccc2)cc(C(F)(F)F)c1. The molecule has 2 atom stereocenters. The average Bonchev–Trinajstić information content (AvgIpc) is 3.01. The molecule has 1 saturated heterocycles. The molecule has 2 bridgehead atoms. The second-order valence-electron chi connectivity index (χ2n) is 7.55. The number of hydrogen-bond donors (Lipinski definition) is 0. The first-order chi connectivity index (χ1) is 14.3. The fourth-order valence-corrected chi connectivity index (χ4v) is 4.16. The third-order valence-electron chi connectivity index (χ3n) is 5.57. The number of carbonyl (C=O) groups excluding carboxylic acids is 1. The molecule has 0 aliphatic carbocycles. The number of alkyl halides is 3. The van der Waals surface area contributed by atoms with Gasteiger partial charge in [0.25, 0.3) is 0 Å². The van der Waals surface area contributed by atoms with Crippen molar-refractivity contribution in [3.63, 3.8) is 0 Å². The highest BCUT2D eigenvalue weighted by Gasteiger charge is 2.41. The number of rotatable bonds is 3. The predicted molar refractivity (Wildman–Crippen MR) is 104 cm³/mol. The van der Waals surface area contributed by atoms with Crippen LogP contribution in [-0.2, 0) is 17.5 Å². The highest BCUT2D eigenvalue weighted by Crippen LogP contribution is 2.40. The summed E-state index contributed by atoms with van der Waals surface area (Å²) in [5, 5.41) is 9.13. The molecule has 2 unspecified atom stereocenters. The van der Waals surface area contributed by atoms with Gasteiger partial charge in [0.1, 0.15) is 6.61 Å². The van der Waals surface area contributed by atoms with Crippen molar-refractivity contribution in [2.75, 3.05) is 0 Å². The molecular formula is C23H19F3N2O2. The summed E-state index contributed by atoms with van der Waals surface area (Å²) < 4.78 is 45.1. The van der Waals surface area contributed by atoms with Gasteiger partial charge in [-0.25, -0.2) is 4.79 Å². The number of amides is 1. The Labute approximate surface area is 172 Å². The lowest BCUT2D eigenvalue weighted by molar-refractivity contribution is -0.137. The van der Waals surface area contributed by atoms with E-state index in [-0.39, 0.29) is 24.3 Å². The lowest BCUT2D eigenvalue weighted by atomic mass is 9.92. The average molecular weight is 412 g/mol. The first kappa shape index (κ1) is 20.0. The molecule has 2 aromatic rings. The molecule has 0 saturated carbocycles. The summed E-state index contributed by atoms with van der Waals surface area (Å²) in [4.78, 5) is 14.3. The first-order valence-electron chi connectivity index (χ1n) is 9.67. The second-order valence-corrected chi connectivity index (χ2v) is 7.55. The van der Waals surface area contributed by atoms with E-state index in [0.717, 1.165) is 36.1 Å². The van der Waals surface area contributed by atoms with Crippen molar-refractivity contribution >= 4 is 11.7 Å². The zero-order valence-electron chi connectivity index (χ0n) is 16.0. The Hall–Kier alpha value is -3.27. The molecule has 4 rings (SSSR count). The zero-order valence-corrected chi connectivity index (χ0v) is 16.0. The fraction of sp³-hybridized carbons (Fsp3) is 0.304. The van der Waals surface area contributed by atoms with Crippen molar-refractivity contribution in [3.05, 3.63) is 76.9 Å². The minimum Gasteiger partial charge on any atom is -0.445 e. The van der Waals surface area contributed by atoms with Gasteiger partial charge in [0.15, 0.2) is 0 Å². The van der Waals surface area contributed by atoms with Gasteiger partial charge in [-0.1, -0.05) is 36.4 Å². The van der Waals surface area contributed by atoms with Crippen molar-refractivity contribution in [1.82, 2.24) is 4.90 Å². The van der Waals surface area contributed by atoms with Gasteiger partial charge in [0.05, 0.1) is 23.2 Å². The number of fused-ring (bicyclic) bond motifs is 2. The number of carbonyl (C=O) groups is 1. The van der Waals surface area contributed by atoms with Crippen LogP contribution in [0.15, 0.2) is 54.6 Å². The summed E-state index contributed by atoms with van der Waals surface area (Å²) in [5.41, 5.74) is 1.14. The summed E-state index contributed by atoms with van der Waals surface area (Å²) in [7, 11) is 0. The highest BCUT2D eigenvalue weighted by molar-refractivity contribution is 5.75. The Bertz CT molecular complexity index is 1020. The third-order valence-corrected chi connectivity index (χ3v) is 5.57. The fourth-order valence-electron chi connectivity index (χ4n) is 4.16. The minimum atomic E-state index is -4.52. The number of benzene rings is 2. The van der Waals surface area contributed by atoms with E-state index in [4.69, 9.17) is 10.00 Å². The van der Waals surface area contributed by atoms with Gasteiger partial charge in [0, 0.05) is 6.04 Å². The van der Waals surface area contributed by atoms with Crippen LogP contribution in [0, 0.1) is 11.3 Å². The van der Waals surface area contributed by atoms with E-state index in [2.05, 4.69) is 0 Å². The summed E-state index contributed by atoms with van der Waals surface area (Å²) in [6.45, 7) is 0.172. The molecule has 154 valence electrons. The highest BCUT2D eigenvalue weighted by atomic mass is 19.4. The van der Waals surface area contributed by atoms with Crippen LogP contribution in [0.5, 0.6) is 0 Å². The molecule has 1 amide bonds. The lowest BCUT2D eigenvalue weighted by Gasteiger charge is -2.33. The van der Waals surface area contributed by atoms with E-state index < -0.39 is 17.8 Å². The monoisotopic (exact) mass is 412 g/mol. The molecule has 4 nitrogen and oxygen atoms in total. The van der Waals surface area contributed by atoms with Gasteiger partial charge in [-0.05, 0) is 54.2 Å². The van der Waals surface area contributed by atoms with Crippen LogP contribution >= 0.6 is 0 Å². The third kappa shape index (κ3) is 4.04. The molecule has 2 aliphatic heterocycles. The number of nitrogens with zero attached hydrogens (tertiary/aromatic N) is 2. The first-order valence-corrected chi connectivity index (χ1v) is 9.67. The van der Waals surface area contributed by atoms with E-state index >= 15 is 0 Å². The molecule has 0 N–H and O–H groups in total. The van der Waals surface area contributed by atoms with E-state index in [1.807, 2.05) is 36.4 Å². The molecule has 7 heteroatoms. The van der Waals surface area contributed by atoms with Gasteiger partial charge in [-0.3, -0.25) is 4.90 Å². The van der Waals surface area contributed by atoms with Crippen LogP contribution in [0.4, 0.5) is 18.0 Å². The summed E-state index contributed by atoms with van der Waals surface area (Å²) in [6.07, 6.45) is -1.17. The van der Waals surface area contributed by atoms with Gasteiger partial charge in [-0.2, -0.15) is 18.4 Å². The summed E-state index contributed by atoms with van der Waals surface area (Å²) >= 11 is 0. The predicted octanol–water partition coefficient (Wildman–Crippen LogP) is 5.53. The Morgan fingerprint density at radius 3 is 2.60 bits per heavy atom. The Morgan fingerprint density at radius 1 is 1.17 bits per heavy atom. The normalized spacial score (nSPS) is 20.5. The Kier molecular flexibility index (Phi) is 5.25. The van der Waals surface area contributed by atoms with Crippen LogP contribution < -0.4 is 0 Å². The van der Waals surface area contributed by atoms with E-state index in [0.29, 0.717) is 12.0 Å². The van der Waals surface area contributed by atoms with Crippen molar-refractivity contribution < 1.29 is 22.7 Å². The molecular weight excluding hydrogens is 393 g/mol. The van der Waals surface area contributed by atoms with Crippen molar-refractivity contribution in [2.45, 2.75) is 44.1 Å². The van der Waals surface area contributed by atoms with Gasteiger partial charge in [0.2, 0.25) is 0 Å². The van der Waals surface area contributed by atoms with Gasteiger partial charge < -0.3 is 4.74 Å². The number of nitriles is 1. The van der Waals surface area contributed by atoms with Gasteiger partial charge in [-0.15, -0.1) is 0 Å². The quantitative estimate of drug-likeness (QED) is 0.666.